The number of methoxy groups -OCH3 is 1. The average Bonchev–Trinajstić information content (AvgIpc) is 2.40. The molecule has 0 aliphatic rings. The fourth-order valence-electron chi connectivity index (χ4n) is 1.96. The molecule has 0 amide bonds. The first kappa shape index (κ1) is 14.3. The summed E-state index contributed by atoms with van der Waals surface area (Å²) in [4.78, 5) is 0. The molecule has 0 saturated carbocycles. The average molecular weight is 243 g/mol. The van der Waals surface area contributed by atoms with Crippen molar-refractivity contribution in [2.24, 2.45) is 0 Å². The highest BCUT2D eigenvalue weighted by Crippen LogP contribution is 2.25. The fourth-order valence-corrected chi connectivity index (χ4v) is 1.96. The van der Waals surface area contributed by atoms with Gasteiger partial charge in [-0.15, -0.1) is 0 Å². The summed E-state index contributed by atoms with van der Waals surface area (Å²) in [6.45, 7) is 2.17. The largest absolute Gasteiger partial charge is 0.496 e. The zero-order valence-electron chi connectivity index (χ0n) is 11.3. The number of nitriles is 1. The molecule has 0 unspecified atom stereocenters. The van der Waals surface area contributed by atoms with Crippen molar-refractivity contribution in [3.8, 4) is 11.8 Å². The number of allylic oxidation sites excluding steroid dienone is 1. The van der Waals surface area contributed by atoms with Gasteiger partial charge in [-0.05, 0) is 30.9 Å². The van der Waals surface area contributed by atoms with Crippen molar-refractivity contribution in [1.29, 1.82) is 5.26 Å². The van der Waals surface area contributed by atoms with Crippen LogP contribution >= 0.6 is 0 Å². The fraction of sp³-hybridized carbons (Fsp3) is 0.438. The summed E-state index contributed by atoms with van der Waals surface area (Å²) >= 11 is 0. The zero-order chi connectivity index (χ0) is 13.2. The number of hydrogen-bond acceptors (Lipinski definition) is 2. The van der Waals surface area contributed by atoms with E-state index in [0.717, 1.165) is 31.4 Å². The van der Waals surface area contributed by atoms with Crippen LogP contribution in [0.3, 0.4) is 0 Å². The van der Waals surface area contributed by atoms with Crippen LogP contribution in [-0.4, -0.2) is 7.11 Å². The molecule has 0 aliphatic carbocycles. The van der Waals surface area contributed by atoms with E-state index in [9.17, 15) is 0 Å². The van der Waals surface area contributed by atoms with Crippen molar-refractivity contribution < 1.29 is 4.74 Å². The molecule has 96 valence electrons. The molecule has 0 radical (unpaired) electrons. The molecule has 1 aromatic carbocycles. The van der Waals surface area contributed by atoms with Crippen molar-refractivity contribution in [1.82, 2.24) is 0 Å². The highest BCUT2D eigenvalue weighted by atomic mass is 16.5. The quantitative estimate of drug-likeness (QED) is 0.667. The predicted octanol–water partition coefficient (Wildman–Crippen LogP) is 4.35. The molecule has 0 fully saturated rings. The van der Waals surface area contributed by atoms with Crippen molar-refractivity contribution in [2.45, 2.75) is 39.0 Å². The minimum atomic E-state index is 0.629. The lowest BCUT2D eigenvalue weighted by atomic mass is 10.0. The van der Waals surface area contributed by atoms with Crippen molar-refractivity contribution >= 4 is 6.08 Å². The Kier molecular flexibility index (Phi) is 6.64. The number of rotatable bonds is 7. The Morgan fingerprint density at radius 2 is 2.22 bits per heavy atom. The van der Waals surface area contributed by atoms with Crippen LogP contribution in [0.2, 0.25) is 0 Å². The minimum absolute atomic E-state index is 0.629. The van der Waals surface area contributed by atoms with Crippen LogP contribution in [0.1, 0.15) is 43.7 Å². The monoisotopic (exact) mass is 243 g/mol. The zero-order valence-corrected chi connectivity index (χ0v) is 11.3. The van der Waals surface area contributed by atoms with Crippen LogP contribution in [0.15, 0.2) is 24.3 Å². The van der Waals surface area contributed by atoms with Crippen molar-refractivity contribution in [3.05, 3.63) is 35.4 Å². The Morgan fingerprint density at radius 3 is 2.89 bits per heavy atom. The maximum Gasteiger partial charge on any atom is 0.122 e. The van der Waals surface area contributed by atoms with E-state index < -0.39 is 0 Å². The lowest BCUT2D eigenvalue weighted by Gasteiger charge is -2.10. The van der Waals surface area contributed by atoms with Crippen LogP contribution in [-0.2, 0) is 6.42 Å². The van der Waals surface area contributed by atoms with Gasteiger partial charge in [-0.3, -0.25) is 0 Å². The standard InChI is InChI=1S/C16H21NO/c1-3-9-15-14(10-6-4-5-7-13-17)11-8-12-16(15)18-2/h6,8,10-12H,3-5,7,9H2,1-2H3/b10-6+. The van der Waals surface area contributed by atoms with Crippen LogP contribution < -0.4 is 4.74 Å². The molecule has 1 rings (SSSR count). The van der Waals surface area contributed by atoms with Gasteiger partial charge in [-0.1, -0.05) is 37.6 Å². The third-order valence-electron chi connectivity index (χ3n) is 2.85. The Balaban J connectivity index is 2.77. The second-order valence-corrected chi connectivity index (χ2v) is 4.23. The number of nitrogens with zero attached hydrogens (tertiary/aromatic N) is 1. The van der Waals surface area contributed by atoms with Gasteiger partial charge in [-0.2, -0.15) is 5.26 Å². The lowest BCUT2D eigenvalue weighted by Crippen LogP contribution is -1.94. The van der Waals surface area contributed by atoms with Crippen LogP contribution in [0.4, 0.5) is 0 Å². The van der Waals surface area contributed by atoms with Crippen LogP contribution in [0.25, 0.3) is 6.08 Å². The first-order valence-electron chi connectivity index (χ1n) is 6.52. The van der Waals surface area contributed by atoms with E-state index >= 15 is 0 Å². The first-order chi connectivity index (χ1) is 8.83. The van der Waals surface area contributed by atoms with Gasteiger partial charge in [0.25, 0.3) is 0 Å². The lowest BCUT2D eigenvalue weighted by molar-refractivity contribution is 0.409. The Bertz CT molecular complexity index is 429. The molecule has 2 nitrogen and oxygen atoms in total. The van der Waals surface area contributed by atoms with Crippen LogP contribution in [0, 0.1) is 11.3 Å². The summed E-state index contributed by atoms with van der Waals surface area (Å²) in [7, 11) is 1.72. The Morgan fingerprint density at radius 1 is 1.39 bits per heavy atom. The summed E-state index contributed by atoms with van der Waals surface area (Å²) in [6, 6.07) is 8.31. The van der Waals surface area contributed by atoms with Gasteiger partial charge in [-0.25, -0.2) is 0 Å². The van der Waals surface area contributed by atoms with E-state index in [1.807, 2.05) is 12.1 Å². The summed E-state index contributed by atoms with van der Waals surface area (Å²) in [6.07, 6.45) is 8.94. The van der Waals surface area contributed by atoms with Crippen molar-refractivity contribution in [2.75, 3.05) is 7.11 Å². The maximum atomic E-state index is 8.47. The van der Waals surface area contributed by atoms with Crippen molar-refractivity contribution in [3.63, 3.8) is 0 Å². The summed E-state index contributed by atoms with van der Waals surface area (Å²) in [5.74, 6) is 0.969. The van der Waals surface area contributed by atoms with Gasteiger partial charge in [0, 0.05) is 12.0 Å². The van der Waals surface area contributed by atoms with Gasteiger partial charge in [0.05, 0.1) is 13.2 Å². The van der Waals surface area contributed by atoms with Crippen LogP contribution in [0.5, 0.6) is 5.75 Å². The molecule has 0 aliphatic heterocycles. The predicted molar refractivity (Wildman–Crippen MR) is 75.5 cm³/mol. The van der Waals surface area contributed by atoms with Gasteiger partial charge in [0.15, 0.2) is 0 Å². The number of hydrogen-bond donors (Lipinski definition) is 0. The molecule has 0 spiro atoms. The van der Waals surface area contributed by atoms with Gasteiger partial charge in [0.1, 0.15) is 5.75 Å². The highest BCUT2D eigenvalue weighted by Gasteiger charge is 2.05. The number of benzene rings is 1. The molecular formula is C16H21NO. The van der Waals surface area contributed by atoms with E-state index in [2.05, 4.69) is 31.2 Å². The smallest absolute Gasteiger partial charge is 0.122 e. The topological polar surface area (TPSA) is 33.0 Å². The minimum Gasteiger partial charge on any atom is -0.496 e. The second kappa shape index (κ2) is 8.36. The third kappa shape index (κ3) is 4.25. The Hall–Kier alpha value is -1.75. The normalized spacial score (nSPS) is 10.5. The second-order valence-electron chi connectivity index (χ2n) is 4.23. The maximum absolute atomic E-state index is 8.47. The summed E-state index contributed by atoms with van der Waals surface area (Å²) in [5, 5.41) is 8.47. The molecule has 0 bridgehead atoms. The molecule has 1 aromatic rings. The number of unbranched alkanes of at least 4 members (excludes halogenated alkanes) is 2. The number of ether oxygens (including phenoxy) is 1. The third-order valence-corrected chi connectivity index (χ3v) is 2.85. The molecule has 2 heteroatoms. The van der Waals surface area contributed by atoms with E-state index in [0.29, 0.717) is 6.42 Å². The molecular weight excluding hydrogens is 222 g/mol. The first-order valence-corrected chi connectivity index (χ1v) is 6.52. The molecule has 18 heavy (non-hydrogen) atoms. The SMILES string of the molecule is CCCc1c(/C=C/CCCC#N)cccc1OC. The Labute approximate surface area is 110 Å². The molecule has 0 N–H and O–H groups in total. The highest BCUT2D eigenvalue weighted by molar-refractivity contribution is 5.58. The van der Waals surface area contributed by atoms with E-state index in [1.165, 1.54) is 11.1 Å². The van der Waals surface area contributed by atoms with E-state index in [4.69, 9.17) is 10.00 Å². The van der Waals surface area contributed by atoms with Gasteiger partial charge >= 0.3 is 0 Å². The molecule has 0 aromatic heterocycles. The molecule has 0 saturated heterocycles. The molecule has 0 heterocycles. The summed E-state index contributed by atoms with van der Waals surface area (Å²) in [5.41, 5.74) is 2.51. The summed E-state index contributed by atoms with van der Waals surface area (Å²) < 4.78 is 5.41. The van der Waals surface area contributed by atoms with E-state index in [1.54, 1.807) is 7.11 Å². The molecule has 0 atom stereocenters. The van der Waals surface area contributed by atoms with E-state index in [-0.39, 0.29) is 0 Å². The van der Waals surface area contributed by atoms with Gasteiger partial charge < -0.3 is 4.74 Å². The van der Waals surface area contributed by atoms with Gasteiger partial charge in [0.2, 0.25) is 0 Å².